The van der Waals surface area contributed by atoms with Crippen LogP contribution in [-0.2, 0) is 43.9 Å². The summed E-state index contributed by atoms with van der Waals surface area (Å²) in [7, 11) is -2.13. The van der Waals surface area contributed by atoms with Gasteiger partial charge in [-0.05, 0) is 61.1 Å². The Hall–Kier alpha value is -3.43. The molecule has 0 spiro atoms. The number of methoxy groups -OCH3 is 1. The van der Waals surface area contributed by atoms with Crippen molar-refractivity contribution in [1.82, 2.24) is 13.9 Å². The molecule has 0 aliphatic carbocycles. The molecule has 0 amide bonds. The lowest BCUT2D eigenvalue weighted by Crippen LogP contribution is -2.42. The summed E-state index contributed by atoms with van der Waals surface area (Å²) in [6.07, 6.45) is 2.35. The maximum atomic E-state index is 14.0. The van der Waals surface area contributed by atoms with E-state index in [1.165, 1.54) is 34.8 Å². The van der Waals surface area contributed by atoms with E-state index in [1.807, 2.05) is 30.5 Å². The van der Waals surface area contributed by atoms with Crippen LogP contribution in [0.15, 0.2) is 63.0 Å². The Morgan fingerprint density at radius 2 is 1.77 bits per heavy atom. The maximum absolute atomic E-state index is 14.0. The van der Waals surface area contributed by atoms with Crippen LogP contribution in [-0.4, -0.2) is 56.0 Å². The predicted molar refractivity (Wildman–Crippen MR) is 173 cm³/mol. The third-order valence-corrected chi connectivity index (χ3v) is 10.3. The number of carbonyl (C=O) groups excluding carboxylic acids is 1. The zero-order valence-corrected chi connectivity index (χ0v) is 27.4. The number of thioether (sulfide) groups is 1. The summed E-state index contributed by atoms with van der Waals surface area (Å²) in [6, 6.07) is 14.7. The number of fused-ring (bicyclic) bond motifs is 1. The third kappa shape index (κ3) is 7.61. The molecule has 2 heterocycles. The number of esters is 1. The fraction of sp³-hybridized carbons (Fsp3) is 0.367. The summed E-state index contributed by atoms with van der Waals surface area (Å²) >= 11 is 2.74. The highest BCUT2D eigenvalue weighted by molar-refractivity contribution is 7.98. The van der Waals surface area contributed by atoms with Crippen molar-refractivity contribution in [1.29, 1.82) is 0 Å². The SMILES string of the molecule is CCCS(=O)(=O)NCc1c(-c2ccc(OCOC)cc2)sc2c1c(=O)n(CC(=O)OCC)c(=O)n2Cc1ccccc1SC. The van der Waals surface area contributed by atoms with Gasteiger partial charge in [0, 0.05) is 29.0 Å². The number of sulfonamides is 1. The van der Waals surface area contributed by atoms with E-state index >= 15 is 0 Å². The van der Waals surface area contributed by atoms with Crippen molar-refractivity contribution in [2.45, 2.75) is 44.8 Å². The second-order valence-corrected chi connectivity index (χ2v) is 13.5. The molecular formula is C30H35N3O8S3. The zero-order chi connectivity index (χ0) is 31.9. The molecule has 4 aromatic rings. The molecule has 44 heavy (non-hydrogen) atoms. The van der Waals surface area contributed by atoms with Crippen molar-refractivity contribution in [3.05, 3.63) is 80.5 Å². The molecule has 2 aromatic carbocycles. The lowest BCUT2D eigenvalue weighted by Gasteiger charge is -2.14. The Balaban J connectivity index is 2.01. The van der Waals surface area contributed by atoms with Gasteiger partial charge >= 0.3 is 11.7 Å². The van der Waals surface area contributed by atoms with E-state index in [1.54, 1.807) is 38.1 Å². The summed E-state index contributed by atoms with van der Waals surface area (Å²) in [6.45, 7) is 2.91. The minimum atomic E-state index is -3.65. The van der Waals surface area contributed by atoms with Gasteiger partial charge in [0.05, 0.1) is 24.3 Å². The van der Waals surface area contributed by atoms with Crippen LogP contribution in [0.2, 0.25) is 0 Å². The number of aromatic nitrogens is 2. The van der Waals surface area contributed by atoms with Gasteiger partial charge in [-0.15, -0.1) is 23.1 Å². The summed E-state index contributed by atoms with van der Waals surface area (Å²) in [5, 5.41) is 0.162. The van der Waals surface area contributed by atoms with Gasteiger partial charge in [0.1, 0.15) is 17.1 Å². The van der Waals surface area contributed by atoms with Gasteiger partial charge < -0.3 is 14.2 Å². The van der Waals surface area contributed by atoms with Crippen LogP contribution in [0, 0.1) is 0 Å². The molecule has 0 bridgehead atoms. The first kappa shape index (κ1) is 33.5. The summed E-state index contributed by atoms with van der Waals surface area (Å²) in [4.78, 5) is 42.4. The highest BCUT2D eigenvalue weighted by Crippen LogP contribution is 2.38. The van der Waals surface area contributed by atoms with Gasteiger partial charge in [-0.25, -0.2) is 22.5 Å². The van der Waals surface area contributed by atoms with Gasteiger partial charge in [0.25, 0.3) is 5.56 Å². The Morgan fingerprint density at radius 1 is 1.05 bits per heavy atom. The number of nitrogens with zero attached hydrogens (tertiary/aromatic N) is 2. The number of hydrogen-bond donors (Lipinski definition) is 1. The molecule has 4 rings (SSSR count). The Kier molecular flexibility index (Phi) is 11.4. The zero-order valence-electron chi connectivity index (χ0n) is 25.0. The summed E-state index contributed by atoms with van der Waals surface area (Å²) in [5.41, 5.74) is 0.593. The molecule has 14 heteroatoms. The number of thiophene rings is 1. The van der Waals surface area contributed by atoms with E-state index in [9.17, 15) is 22.8 Å². The number of hydrogen-bond acceptors (Lipinski definition) is 10. The highest BCUT2D eigenvalue weighted by Gasteiger charge is 2.25. The minimum Gasteiger partial charge on any atom is -0.468 e. The summed E-state index contributed by atoms with van der Waals surface area (Å²) in [5.74, 6) is -0.252. The summed E-state index contributed by atoms with van der Waals surface area (Å²) < 4.78 is 45.9. The lowest BCUT2D eigenvalue weighted by atomic mass is 10.1. The molecule has 0 saturated carbocycles. The van der Waals surface area contributed by atoms with Crippen LogP contribution in [0.5, 0.6) is 5.75 Å². The average molecular weight is 662 g/mol. The van der Waals surface area contributed by atoms with E-state index in [4.69, 9.17) is 14.2 Å². The normalized spacial score (nSPS) is 11.6. The van der Waals surface area contributed by atoms with E-state index in [2.05, 4.69) is 4.72 Å². The minimum absolute atomic E-state index is 0.0660. The fourth-order valence-corrected chi connectivity index (χ4v) is 7.66. The fourth-order valence-electron chi connectivity index (χ4n) is 4.69. The second-order valence-electron chi connectivity index (χ2n) is 9.68. The second kappa shape index (κ2) is 15.0. The van der Waals surface area contributed by atoms with E-state index < -0.39 is 33.8 Å². The number of benzene rings is 2. The first-order chi connectivity index (χ1) is 21.1. The Labute approximate surface area is 263 Å². The standard InChI is InChI=1S/C30H35N3O8S3/c1-5-15-44(37,38)31-16-23-26-28(35)32(18-25(34)40-6-2)30(36)33(17-21-9-7-8-10-24(21)42-4)29(26)43-27(23)20-11-13-22(14-12-20)41-19-39-3/h7-14,31H,5-6,15-19H2,1-4H3. The number of carbonyl (C=O) groups is 1. The molecule has 0 radical (unpaired) electrons. The molecular weight excluding hydrogens is 627 g/mol. The number of rotatable bonds is 15. The molecule has 0 saturated heterocycles. The topological polar surface area (TPSA) is 135 Å². The molecule has 0 unspecified atom stereocenters. The molecule has 0 fully saturated rings. The first-order valence-corrected chi connectivity index (χ1v) is 17.6. The van der Waals surface area contributed by atoms with Crippen molar-refractivity contribution in [3.63, 3.8) is 0 Å². The largest absolute Gasteiger partial charge is 0.468 e. The van der Waals surface area contributed by atoms with Crippen LogP contribution < -0.4 is 20.7 Å². The Morgan fingerprint density at radius 3 is 2.43 bits per heavy atom. The average Bonchev–Trinajstić information content (AvgIpc) is 3.39. The molecule has 0 aliphatic rings. The monoisotopic (exact) mass is 661 g/mol. The highest BCUT2D eigenvalue weighted by atomic mass is 32.2. The smallest absolute Gasteiger partial charge is 0.332 e. The molecule has 1 N–H and O–H groups in total. The maximum Gasteiger partial charge on any atom is 0.332 e. The first-order valence-electron chi connectivity index (χ1n) is 13.9. The van der Waals surface area contributed by atoms with Gasteiger partial charge in [-0.3, -0.25) is 14.2 Å². The van der Waals surface area contributed by atoms with Crippen LogP contribution >= 0.6 is 23.1 Å². The van der Waals surface area contributed by atoms with Crippen molar-refractivity contribution < 1.29 is 27.4 Å². The van der Waals surface area contributed by atoms with Crippen LogP contribution in [0.4, 0.5) is 0 Å². The van der Waals surface area contributed by atoms with Gasteiger partial charge in [-0.2, -0.15) is 0 Å². The van der Waals surface area contributed by atoms with E-state index in [-0.39, 0.29) is 37.6 Å². The molecule has 11 nitrogen and oxygen atoms in total. The third-order valence-electron chi connectivity index (χ3n) is 6.67. The van der Waals surface area contributed by atoms with Crippen LogP contribution in [0.25, 0.3) is 20.7 Å². The van der Waals surface area contributed by atoms with Crippen molar-refractivity contribution in [2.24, 2.45) is 0 Å². The molecule has 0 atom stereocenters. The van der Waals surface area contributed by atoms with Crippen molar-refractivity contribution in [2.75, 3.05) is 32.5 Å². The molecule has 236 valence electrons. The molecule has 2 aromatic heterocycles. The van der Waals surface area contributed by atoms with Crippen LogP contribution in [0.1, 0.15) is 31.4 Å². The van der Waals surface area contributed by atoms with Crippen molar-refractivity contribution in [3.8, 4) is 16.2 Å². The van der Waals surface area contributed by atoms with Gasteiger partial charge in [-0.1, -0.05) is 25.1 Å². The number of nitrogens with one attached hydrogen (secondary N) is 1. The predicted octanol–water partition coefficient (Wildman–Crippen LogP) is 4.04. The Bertz CT molecular complexity index is 1840. The van der Waals surface area contributed by atoms with Crippen molar-refractivity contribution >= 4 is 49.3 Å². The lowest BCUT2D eigenvalue weighted by molar-refractivity contribution is -0.143. The number of ether oxygens (including phenoxy) is 3. The van der Waals surface area contributed by atoms with E-state index in [0.717, 1.165) is 15.0 Å². The van der Waals surface area contributed by atoms with Gasteiger partial charge in [0.15, 0.2) is 6.79 Å². The van der Waals surface area contributed by atoms with E-state index in [0.29, 0.717) is 33.0 Å². The van der Waals surface area contributed by atoms with Gasteiger partial charge in [0.2, 0.25) is 10.0 Å². The quantitative estimate of drug-likeness (QED) is 0.114. The van der Waals surface area contributed by atoms with Crippen LogP contribution in [0.3, 0.4) is 0 Å². The molecule has 0 aliphatic heterocycles.